The Morgan fingerprint density at radius 1 is 1.21 bits per heavy atom. The predicted molar refractivity (Wildman–Crippen MR) is 144 cm³/mol. The number of Topliss-reactive ketones (excluding diaryl/α,β-unsaturated/α-hetero) is 1. The molecule has 2 N–H and O–H groups in total. The number of allylic oxidation sites excluding steroid dienone is 1. The number of ketones is 1. The van der Waals surface area contributed by atoms with Gasteiger partial charge in [-0.25, -0.2) is 4.79 Å². The van der Waals surface area contributed by atoms with Gasteiger partial charge < -0.3 is 24.4 Å². The second kappa shape index (κ2) is 9.96. The highest BCUT2D eigenvalue weighted by Crippen LogP contribution is 2.77. The van der Waals surface area contributed by atoms with Gasteiger partial charge in [-0.2, -0.15) is 0 Å². The Labute approximate surface area is 231 Å². The lowest BCUT2D eigenvalue weighted by atomic mass is 9.60. The van der Waals surface area contributed by atoms with Crippen molar-refractivity contribution in [3.8, 4) is 0 Å². The second-order valence-corrected chi connectivity index (χ2v) is 12.9. The number of rotatable bonds is 8. The molecule has 4 rings (SSSR count). The van der Waals surface area contributed by atoms with Gasteiger partial charge in [0.05, 0.1) is 12.2 Å². The Hall–Kier alpha value is -2.29. The minimum Gasteiger partial charge on any atom is -0.461 e. The third kappa shape index (κ3) is 4.43. The van der Waals surface area contributed by atoms with E-state index in [0.29, 0.717) is 42.3 Å². The first-order valence-electron chi connectivity index (χ1n) is 14.0. The molecule has 0 amide bonds. The lowest BCUT2D eigenvalue weighted by Crippen LogP contribution is -2.61. The van der Waals surface area contributed by atoms with Crippen LogP contribution in [0.25, 0.3) is 0 Å². The van der Waals surface area contributed by atoms with Gasteiger partial charge in [-0.15, -0.1) is 0 Å². The zero-order valence-electron chi connectivity index (χ0n) is 24.5. The topological polar surface area (TPSA) is 119 Å². The molecule has 0 radical (unpaired) electrons. The van der Waals surface area contributed by atoms with Crippen LogP contribution in [-0.2, 0) is 28.6 Å². The van der Waals surface area contributed by atoms with Crippen LogP contribution in [-0.4, -0.2) is 64.6 Å². The molecule has 0 aliphatic heterocycles. The number of ether oxygens (including phenoxy) is 3. The molecule has 4 aliphatic carbocycles. The molecule has 0 heterocycles. The maximum absolute atomic E-state index is 13.3. The zero-order chi connectivity index (χ0) is 29.1. The Kier molecular flexibility index (Phi) is 7.58. The molecule has 0 bridgehead atoms. The van der Waals surface area contributed by atoms with Crippen LogP contribution in [0.2, 0.25) is 0 Å². The first-order chi connectivity index (χ1) is 18.1. The van der Waals surface area contributed by atoms with E-state index in [0.717, 1.165) is 0 Å². The van der Waals surface area contributed by atoms with Crippen molar-refractivity contribution >= 4 is 17.7 Å². The Balaban J connectivity index is 1.85. The molecule has 0 unspecified atom stereocenters. The van der Waals surface area contributed by atoms with Gasteiger partial charge in [0.15, 0.2) is 5.78 Å². The van der Waals surface area contributed by atoms with E-state index in [-0.39, 0.29) is 18.9 Å². The third-order valence-corrected chi connectivity index (χ3v) is 9.80. The van der Waals surface area contributed by atoms with Gasteiger partial charge in [0.1, 0.15) is 17.8 Å². The molecule has 0 saturated heterocycles. The van der Waals surface area contributed by atoms with Crippen molar-refractivity contribution in [3.63, 3.8) is 0 Å². The molecule has 8 heteroatoms. The van der Waals surface area contributed by atoms with Crippen LogP contribution in [0.5, 0.6) is 0 Å². The van der Waals surface area contributed by atoms with Crippen LogP contribution in [0.1, 0.15) is 68.2 Å². The number of carbonyl (C=O) groups is 3. The SMILES string of the molecule is C/C=C(\C)C(=O)O[C@@]12C[C@@H](C)[C@@]3(O)[C@@H](C=C(COC(C)=O)C[C@@]4(O)C(=O)C(C)=C[C@@H]34)[C@@H]1[C@@]2(C)COCC(C)C. The number of esters is 2. The van der Waals surface area contributed by atoms with Crippen LogP contribution in [0.3, 0.4) is 0 Å². The summed E-state index contributed by atoms with van der Waals surface area (Å²) in [5, 5.41) is 24.5. The van der Waals surface area contributed by atoms with Crippen molar-refractivity contribution in [2.75, 3.05) is 19.8 Å². The summed E-state index contributed by atoms with van der Waals surface area (Å²) in [6.45, 7) is 15.3. The van der Waals surface area contributed by atoms with Crippen molar-refractivity contribution in [1.29, 1.82) is 0 Å². The minimum absolute atomic E-state index is 0.0547. The molecule has 0 aromatic rings. The second-order valence-electron chi connectivity index (χ2n) is 12.9. The summed E-state index contributed by atoms with van der Waals surface area (Å²) in [5.74, 6) is -3.24. The van der Waals surface area contributed by atoms with Crippen molar-refractivity contribution in [1.82, 2.24) is 0 Å². The average molecular weight is 545 g/mol. The van der Waals surface area contributed by atoms with Crippen molar-refractivity contribution in [2.45, 2.75) is 85.0 Å². The van der Waals surface area contributed by atoms with Crippen LogP contribution >= 0.6 is 0 Å². The van der Waals surface area contributed by atoms with E-state index < -0.39 is 57.7 Å². The van der Waals surface area contributed by atoms with Crippen molar-refractivity contribution in [3.05, 3.63) is 34.9 Å². The zero-order valence-corrected chi connectivity index (χ0v) is 24.5. The van der Waals surface area contributed by atoms with Crippen LogP contribution in [0.4, 0.5) is 0 Å². The van der Waals surface area contributed by atoms with Gasteiger partial charge >= 0.3 is 11.9 Å². The number of hydrogen-bond donors (Lipinski definition) is 2. The summed E-state index contributed by atoms with van der Waals surface area (Å²) in [6.07, 6.45) is 5.59. The molecule has 4 aliphatic rings. The molecule has 216 valence electrons. The molecular formula is C31H44O8. The Morgan fingerprint density at radius 2 is 1.87 bits per heavy atom. The van der Waals surface area contributed by atoms with Gasteiger partial charge in [-0.1, -0.05) is 45.9 Å². The summed E-state index contributed by atoms with van der Waals surface area (Å²) in [6, 6.07) is 0. The summed E-state index contributed by atoms with van der Waals surface area (Å²) >= 11 is 0. The summed E-state index contributed by atoms with van der Waals surface area (Å²) in [5.41, 5.74) is -3.43. The van der Waals surface area contributed by atoms with Crippen molar-refractivity contribution < 1.29 is 38.8 Å². The molecule has 8 atom stereocenters. The van der Waals surface area contributed by atoms with E-state index in [2.05, 4.69) is 13.8 Å². The van der Waals surface area contributed by atoms with E-state index in [1.165, 1.54) is 6.92 Å². The Bertz CT molecular complexity index is 1150. The van der Waals surface area contributed by atoms with Gasteiger partial charge in [-0.05, 0) is 50.2 Å². The molecule has 8 nitrogen and oxygen atoms in total. The van der Waals surface area contributed by atoms with E-state index in [1.54, 1.807) is 32.9 Å². The van der Waals surface area contributed by atoms with E-state index in [1.807, 2.05) is 19.9 Å². The van der Waals surface area contributed by atoms with Gasteiger partial charge in [0.25, 0.3) is 0 Å². The normalized spacial score (nSPS) is 41.1. The molecule has 0 aromatic carbocycles. The maximum atomic E-state index is 13.3. The maximum Gasteiger partial charge on any atom is 0.333 e. The fraction of sp³-hybridized carbons (Fsp3) is 0.710. The molecular weight excluding hydrogens is 500 g/mol. The predicted octanol–water partition coefficient (Wildman–Crippen LogP) is 3.70. The first-order valence-corrected chi connectivity index (χ1v) is 14.0. The highest BCUT2D eigenvalue weighted by molar-refractivity contribution is 6.04. The smallest absolute Gasteiger partial charge is 0.333 e. The standard InChI is InChI=1S/C31H44O8/c1-9-18(4)27(34)39-30-12-20(6)31(36)23(25(30)28(30,8)16-37-14-17(2)3)11-22(15-38-21(7)32)13-29(35)24(31)10-19(5)26(29)33/h9-11,17,20,23-25,35-36H,12-16H2,1-8H3/b18-9+/t20-,23+,24-,25-,28-,29+,30+,31-/m1/s1. The quantitative estimate of drug-likeness (QED) is 0.270. The molecule has 2 saturated carbocycles. The lowest BCUT2D eigenvalue weighted by molar-refractivity contribution is -0.185. The molecule has 39 heavy (non-hydrogen) atoms. The molecule has 0 aromatic heterocycles. The largest absolute Gasteiger partial charge is 0.461 e. The highest BCUT2D eigenvalue weighted by Gasteiger charge is 2.85. The fourth-order valence-corrected chi connectivity index (χ4v) is 7.67. The third-order valence-electron chi connectivity index (χ3n) is 9.80. The first kappa shape index (κ1) is 29.7. The number of carbonyl (C=O) groups excluding carboxylic acids is 3. The summed E-state index contributed by atoms with van der Waals surface area (Å²) < 4.78 is 17.8. The molecule has 2 fully saturated rings. The number of aliphatic hydroxyl groups is 2. The number of fused-ring (bicyclic) bond motifs is 5. The highest BCUT2D eigenvalue weighted by atomic mass is 16.6. The Morgan fingerprint density at radius 3 is 2.46 bits per heavy atom. The van der Waals surface area contributed by atoms with Crippen LogP contribution < -0.4 is 0 Å². The van der Waals surface area contributed by atoms with Gasteiger partial charge in [-0.3, -0.25) is 9.59 Å². The van der Waals surface area contributed by atoms with Gasteiger partial charge in [0, 0.05) is 48.7 Å². The van der Waals surface area contributed by atoms with Gasteiger partial charge in [0.2, 0.25) is 0 Å². The summed E-state index contributed by atoms with van der Waals surface area (Å²) in [7, 11) is 0. The number of hydrogen-bond acceptors (Lipinski definition) is 8. The van der Waals surface area contributed by atoms with Crippen LogP contribution in [0.15, 0.2) is 34.9 Å². The fourth-order valence-electron chi connectivity index (χ4n) is 7.67. The minimum atomic E-state index is -1.86. The van der Waals surface area contributed by atoms with E-state index in [9.17, 15) is 24.6 Å². The average Bonchev–Trinajstić information content (AvgIpc) is 3.29. The summed E-state index contributed by atoms with van der Waals surface area (Å²) in [4.78, 5) is 38.2. The molecule has 0 spiro atoms. The lowest BCUT2D eigenvalue weighted by Gasteiger charge is -2.50. The van der Waals surface area contributed by atoms with E-state index >= 15 is 0 Å². The van der Waals surface area contributed by atoms with E-state index in [4.69, 9.17) is 14.2 Å². The monoisotopic (exact) mass is 544 g/mol. The van der Waals surface area contributed by atoms with Crippen molar-refractivity contribution in [2.24, 2.45) is 35.0 Å². The van der Waals surface area contributed by atoms with Crippen LogP contribution in [0, 0.1) is 35.0 Å².